The first-order valence-electron chi connectivity index (χ1n) is 10.4. The van der Waals surface area contributed by atoms with Gasteiger partial charge >= 0.3 is 12.3 Å². The molecule has 1 atom stereocenters. The molecule has 12 heteroatoms. The Morgan fingerprint density at radius 2 is 2.06 bits per heavy atom. The maximum atomic E-state index is 12.3. The molecule has 0 spiro atoms. The van der Waals surface area contributed by atoms with Gasteiger partial charge < -0.3 is 15.2 Å². The van der Waals surface area contributed by atoms with Crippen LogP contribution >= 0.6 is 23.1 Å². The van der Waals surface area contributed by atoms with Crippen molar-refractivity contribution < 1.29 is 27.8 Å². The average Bonchev–Trinajstić information content (AvgIpc) is 3.26. The van der Waals surface area contributed by atoms with E-state index in [9.17, 15) is 23.2 Å². The number of thiazole rings is 1. The van der Waals surface area contributed by atoms with Gasteiger partial charge in [0.25, 0.3) is 0 Å². The quantitative estimate of drug-likeness (QED) is 0.303. The number of pyridine rings is 1. The van der Waals surface area contributed by atoms with Crippen molar-refractivity contribution in [3.63, 3.8) is 0 Å². The minimum atomic E-state index is -4.76. The van der Waals surface area contributed by atoms with Crippen LogP contribution in [0.2, 0.25) is 0 Å². The number of carbonyl (C=O) groups is 1. The number of aliphatic carboxylic acids is 1. The predicted octanol–water partition coefficient (Wildman–Crippen LogP) is 5.83. The summed E-state index contributed by atoms with van der Waals surface area (Å²) in [6.07, 6.45) is -2.04. The van der Waals surface area contributed by atoms with Crippen LogP contribution in [0.1, 0.15) is 24.6 Å². The summed E-state index contributed by atoms with van der Waals surface area (Å²) in [7, 11) is 0. The number of ether oxygens (including phenoxy) is 1. The highest BCUT2D eigenvalue weighted by molar-refractivity contribution is 8.01. The second-order valence-corrected chi connectivity index (χ2v) is 9.66. The second kappa shape index (κ2) is 11.9. The number of carboxylic acid groups (broad SMARTS) is 1. The Balaban J connectivity index is 1.54. The number of nitrogens with zero attached hydrogens (tertiary/aromatic N) is 3. The summed E-state index contributed by atoms with van der Waals surface area (Å²) in [4.78, 5) is 19.7. The van der Waals surface area contributed by atoms with Gasteiger partial charge in [0.15, 0.2) is 0 Å². The number of anilines is 1. The standard InChI is InChI=1S/C23H21F3N4O3S2/c1-14(21(31)32)7-9-34-22-30-18(13-35-22)6-8-28-20-16(11-27)10-17(12-29-20)15-2-4-19(5-3-15)33-23(24,25)26/h2-5,10,12-14H,6-9H2,1H3,(H,28,29)(H,31,32). The monoisotopic (exact) mass is 522 g/mol. The Kier molecular flexibility index (Phi) is 8.95. The molecule has 0 saturated heterocycles. The van der Waals surface area contributed by atoms with Gasteiger partial charge in [0, 0.05) is 35.9 Å². The van der Waals surface area contributed by atoms with Crippen LogP contribution in [0.25, 0.3) is 11.1 Å². The molecule has 0 saturated carbocycles. The Morgan fingerprint density at radius 1 is 1.31 bits per heavy atom. The highest BCUT2D eigenvalue weighted by atomic mass is 32.2. The first kappa shape index (κ1) is 26.3. The van der Waals surface area contributed by atoms with Gasteiger partial charge in [-0.15, -0.1) is 24.5 Å². The molecular formula is C23H21F3N4O3S2. The maximum absolute atomic E-state index is 12.3. The third-order valence-electron chi connectivity index (χ3n) is 4.83. The van der Waals surface area contributed by atoms with Crippen LogP contribution < -0.4 is 10.1 Å². The van der Waals surface area contributed by atoms with Gasteiger partial charge in [-0.25, -0.2) is 9.97 Å². The minimum Gasteiger partial charge on any atom is -0.481 e. The van der Waals surface area contributed by atoms with Crippen LogP contribution in [0.4, 0.5) is 19.0 Å². The number of hydrogen-bond donors (Lipinski definition) is 2. The third-order valence-corrected chi connectivity index (χ3v) is 6.93. The van der Waals surface area contributed by atoms with Crippen molar-refractivity contribution in [2.45, 2.75) is 30.5 Å². The van der Waals surface area contributed by atoms with Crippen LogP contribution in [0, 0.1) is 17.2 Å². The zero-order chi connectivity index (χ0) is 25.4. The molecule has 0 amide bonds. The summed E-state index contributed by atoms with van der Waals surface area (Å²) in [5.74, 6) is -0.434. The molecule has 0 aliphatic carbocycles. The number of rotatable bonds is 11. The fraction of sp³-hybridized carbons (Fsp3) is 0.304. The van der Waals surface area contributed by atoms with Crippen LogP contribution in [-0.4, -0.2) is 39.7 Å². The molecule has 184 valence electrons. The van der Waals surface area contributed by atoms with E-state index in [1.165, 1.54) is 47.4 Å². The van der Waals surface area contributed by atoms with Crippen LogP contribution in [0.5, 0.6) is 5.75 Å². The van der Waals surface area contributed by atoms with Crippen molar-refractivity contribution in [1.29, 1.82) is 5.26 Å². The predicted molar refractivity (Wildman–Crippen MR) is 128 cm³/mol. The van der Waals surface area contributed by atoms with E-state index >= 15 is 0 Å². The van der Waals surface area contributed by atoms with Crippen molar-refractivity contribution in [2.75, 3.05) is 17.6 Å². The highest BCUT2D eigenvalue weighted by Gasteiger charge is 2.31. The van der Waals surface area contributed by atoms with E-state index in [0.29, 0.717) is 47.6 Å². The van der Waals surface area contributed by atoms with Gasteiger partial charge in [-0.3, -0.25) is 4.79 Å². The Labute approximate surface area is 208 Å². The lowest BCUT2D eigenvalue weighted by Crippen LogP contribution is -2.16. The number of hydrogen-bond acceptors (Lipinski definition) is 8. The summed E-state index contributed by atoms with van der Waals surface area (Å²) in [5.41, 5.74) is 2.37. The molecule has 3 rings (SSSR count). The average molecular weight is 523 g/mol. The lowest BCUT2D eigenvalue weighted by molar-refractivity contribution is -0.274. The number of benzene rings is 1. The SMILES string of the molecule is CC(CCSc1nc(CCNc2ncc(-c3ccc(OC(F)(F)F)cc3)cc2C#N)cs1)C(=O)O. The first-order valence-corrected chi connectivity index (χ1v) is 12.3. The fourth-order valence-corrected chi connectivity index (χ4v) is 4.99. The van der Waals surface area contributed by atoms with E-state index in [4.69, 9.17) is 5.11 Å². The lowest BCUT2D eigenvalue weighted by atomic mass is 10.1. The van der Waals surface area contributed by atoms with Gasteiger partial charge in [-0.05, 0) is 30.2 Å². The molecule has 0 radical (unpaired) electrons. The molecule has 1 unspecified atom stereocenters. The summed E-state index contributed by atoms with van der Waals surface area (Å²) in [6, 6.07) is 9.03. The topological polar surface area (TPSA) is 108 Å². The molecule has 2 N–H and O–H groups in total. The second-order valence-electron chi connectivity index (χ2n) is 7.46. The molecule has 2 heterocycles. The molecule has 0 fully saturated rings. The fourth-order valence-electron chi connectivity index (χ4n) is 2.92. The van der Waals surface area contributed by atoms with Gasteiger partial charge in [0.1, 0.15) is 22.0 Å². The van der Waals surface area contributed by atoms with Crippen molar-refractivity contribution >= 4 is 34.9 Å². The van der Waals surface area contributed by atoms with Crippen LogP contribution in [-0.2, 0) is 11.2 Å². The van der Waals surface area contributed by atoms with Crippen molar-refractivity contribution in [3.8, 4) is 22.9 Å². The number of alkyl halides is 3. The van der Waals surface area contributed by atoms with Crippen molar-refractivity contribution in [1.82, 2.24) is 9.97 Å². The number of aromatic nitrogens is 2. The van der Waals surface area contributed by atoms with Gasteiger partial charge in [0.2, 0.25) is 0 Å². The summed E-state index contributed by atoms with van der Waals surface area (Å²) >= 11 is 3.03. The smallest absolute Gasteiger partial charge is 0.481 e. The highest BCUT2D eigenvalue weighted by Crippen LogP contribution is 2.28. The number of carboxylic acids is 1. The summed E-state index contributed by atoms with van der Waals surface area (Å²) < 4.78 is 41.7. The van der Waals surface area contributed by atoms with E-state index in [2.05, 4.69) is 26.1 Å². The van der Waals surface area contributed by atoms with Gasteiger partial charge in [-0.2, -0.15) is 5.26 Å². The van der Waals surface area contributed by atoms with Crippen molar-refractivity contribution in [3.05, 3.63) is 53.2 Å². The van der Waals surface area contributed by atoms with E-state index in [1.54, 1.807) is 19.2 Å². The Morgan fingerprint density at radius 3 is 2.71 bits per heavy atom. The number of nitriles is 1. The largest absolute Gasteiger partial charge is 0.573 e. The summed E-state index contributed by atoms with van der Waals surface area (Å²) in [5, 5.41) is 23.5. The van der Waals surface area contributed by atoms with Gasteiger partial charge in [-0.1, -0.05) is 30.8 Å². The minimum absolute atomic E-state index is 0.306. The molecule has 2 aromatic heterocycles. The molecule has 7 nitrogen and oxygen atoms in total. The number of nitrogens with one attached hydrogen (secondary N) is 1. The van der Waals surface area contributed by atoms with Gasteiger partial charge in [0.05, 0.1) is 17.2 Å². The van der Waals surface area contributed by atoms with E-state index in [1.807, 2.05) is 5.38 Å². The zero-order valence-electron chi connectivity index (χ0n) is 18.5. The van der Waals surface area contributed by atoms with Crippen LogP contribution in [0.15, 0.2) is 46.2 Å². The maximum Gasteiger partial charge on any atom is 0.573 e. The molecule has 1 aromatic carbocycles. The molecule has 3 aromatic rings. The third kappa shape index (κ3) is 8.15. The van der Waals surface area contributed by atoms with E-state index < -0.39 is 12.3 Å². The Hall–Kier alpha value is -3.30. The first-order chi connectivity index (χ1) is 16.6. The molecule has 0 aliphatic heterocycles. The van der Waals surface area contributed by atoms with Crippen molar-refractivity contribution in [2.24, 2.45) is 5.92 Å². The van der Waals surface area contributed by atoms with E-state index in [0.717, 1.165) is 10.0 Å². The normalized spacial score (nSPS) is 12.1. The Bertz CT molecular complexity index is 1190. The van der Waals surface area contributed by atoms with Crippen LogP contribution in [0.3, 0.4) is 0 Å². The lowest BCUT2D eigenvalue weighted by Gasteiger charge is -2.10. The molecular weight excluding hydrogens is 501 g/mol. The van der Waals surface area contributed by atoms with E-state index in [-0.39, 0.29) is 11.7 Å². The molecule has 0 bridgehead atoms. The molecule has 35 heavy (non-hydrogen) atoms. The number of thioether (sulfide) groups is 1. The number of halogens is 3. The summed E-state index contributed by atoms with van der Waals surface area (Å²) in [6.45, 7) is 2.18. The zero-order valence-corrected chi connectivity index (χ0v) is 20.1. The molecule has 0 aliphatic rings.